The molecule has 0 aliphatic carbocycles. The van der Waals surface area contributed by atoms with Gasteiger partial charge in [-0.1, -0.05) is 27.7 Å². The summed E-state index contributed by atoms with van der Waals surface area (Å²) < 4.78 is 5.90. The molecular weight excluding hydrogens is 264 g/mol. The van der Waals surface area contributed by atoms with E-state index in [9.17, 15) is 0 Å². The molecule has 118 valence electrons. The Hall–Kier alpha value is -1.36. The molecule has 1 saturated heterocycles. The lowest BCUT2D eigenvalue weighted by atomic mass is 9.95. The van der Waals surface area contributed by atoms with E-state index in [1.807, 2.05) is 6.07 Å². The van der Waals surface area contributed by atoms with Gasteiger partial charge < -0.3 is 15.4 Å². The Bertz CT molecular complexity index is 470. The van der Waals surface area contributed by atoms with Gasteiger partial charge in [0.25, 0.3) is 0 Å². The van der Waals surface area contributed by atoms with Crippen LogP contribution in [0.25, 0.3) is 0 Å². The maximum Gasteiger partial charge on any atom is 0.138 e. The number of nitrogens with two attached hydrogens (primary N) is 1. The highest BCUT2D eigenvalue weighted by Gasteiger charge is 2.24. The van der Waals surface area contributed by atoms with E-state index in [0.717, 1.165) is 50.6 Å². The summed E-state index contributed by atoms with van der Waals surface area (Å²) in [6.45, 7) is 11.2. The largest absolute Gasteiger partial charge is 0.384 e. The summed E-state index contributed by atoms with van der Waals surface area (Å²) in [5.41, 5.74) is 5.87. The van der Waals surface area contributed by atoms with Crippen LogP contribution < -0.4 is 10.6 Å². The van der Waals surface area contributed by atoms with Crippen LogP contribution in [0.4, 0.5) is 11.6 Å². The van der Waals surface area contributed by atoms with E-state index in [1.54, 1.807) is 0 Å². The SMILES string of the molecule is CCCOC1CCCN(c2cc(N)nc(C(C)(C)C)n2)C1. The summed E-state index contributed by atoms with van der Waals surface area (Å²) in [4.78, 5) is 11.4. The van der Waals surface area contributed by atoms with Gasteiger partial charge in [-0.05, 0) is 19.3 Å². The molecule has 0 spiro atoms. The first-order chi connectivity index (χ1) is 9.90. The van der Waals surface area contributed by atoms with Gasteiger partial charge in [-0.25, -0.2) is 9.97 Å². The van der Waals surface area contributed by atoms with E-state index < -0.39 is 0 Å². The van der Waals surface area contributed by atoms with Crippen molar-refractivity contribution in [3.63, 3.8) is 0 Å². The van der Waals surface area contributed by atoms with Crippen molar-refractivity contribution in [2.75, 3.05) is 30.3 Å². The number of hydrogen-bond donors (Lipinski definition) is 1. The molecule has 1 fully saturated rings. The minimum atomic E-state index is -0.0992. The molecule has 1 aromatic rings. The number of piperidine rings is 1. The second-order valence-electron chi connectivity index (χ2n) is 6.81. The number of aromatic nitrogens is 2. The third-order valence-electron chi connectivity index (χ3n) is 3.66. The molecule has 21 heavy (non-hydrogen) atoms. The second kappa shape index (κ2) is 6.60. The Balaban J connectivity index is 2.15. The van der Waals surface area contributed by atoms with Gasteiger partial charge in [-0.3, -0.25) is 0 Å². The van der Waals surface area contributed by atoms with Crippen LogP contribution in [-0.4, -0.2) is 35.8 Å². The molecule has 0 bridgehead atoms. The lowest BCUT2D eigenvalue weighted by Gasteiger charge is -2.34. The topological polar surface area (TPSA) is 64.3 Å². The lowest BCUT2D eigenvalue weighted by Crippen LogP contribution is -2.40. The Morgan fingerprint density at radius 1 is 1.38 bits per heavy atom. The van der Waals surface area contributed by atoms with E-state index >= 15 is 0 Å². The molecule has 0 saturated carbocycles. The van der Waals surface area contributed by atoms with Crippen molar-refractivity contribution in [3.8, 4) is 0 Å². The first-order valence-corrected chi connectivity index (χ1v) is 7.91. The molecule has 0 aromatic carbocycles. The molecule has 2 heterocycles. The lowest BCUT2D eigenvalue weighted by molar-refractivity contribution is 0.0439. The summed E-state index contributed by atoms with van der Waals surface area (Å²) in [6.07, 6.45) is 3.62. The summed E-state index contributed by atoms with van der Waals surface area (Å²) in [6, 6.07) is 1.87. The zero-order valence-corrected chi connectivity index (χ0v) is 13.7. The number of nitrogen functional groups attached to an aromatic ring is 1. The predicted octanol–water partition coefficient (Wildman–Crippen LogP) is 2.75. The van der Waals surface area contributed by atoms with Gasteiger partial charge in [0.15, 0.2) is 0 Å². The summed E-state index contributed by atoms with van der Waals surface area (Å²) in [5, 5.41) is 0. The fourth-order valence-electron chi connectivity index (χ4n) is 2.52. The van der Waals surface area contributed by atoms with Crippen molar-refractivity contribution in [2.24, 2.45) is 0 Å². The van der Waals surface area contributed by atoms with E-state index in [1.165, 1.54) is 0 Å². The smallest absolute Gasteiger partial charge is 0.138 e. The van der Waals surface area contributed by atoms with Crippen molar-refractivity contribution < 1.29 is 4.74 Å². The minimum Gasteiger partial charge on any atom is -0.384 e. The van der Waals surface area contributed by atoms with Crippen LogP contribution in [0.15, 0.2) is 6.07 Å². The van der Waals surface area contributed by atoms with Crippen LogP contribution in [0.5, 0.6) is 0 Å². The zero-order valence-electron chi connectivity index (χ0n) is 13.7. The molecule has 1 aliphatic heterocycles. The fraction of sp³-hybridized carbons (Fsp3) is 0.750. The number of ether oxygens (including phenoxy) is 1. The molecule has 5 nitrogen and oxygen atoms in total. The van der Waals surface area contributed by atoms with E-state index in [0.29, 0.717) is 11.9 Å². The molecule has 2 rings (SSSR count). The van der Waals surface area contributed by atoms with E-state index in [2.05, 4.69) is 37.6 Å². The molecule has 1 atom stereocenters. The van der Waals surface area contributed by atoms with Gasteiger partial charge in [0.1, 0.15) is 17.5 Å². The first-order valence-electron chi connectivity index (χ1n) is 7.91. The molecule has 1 aromatic heterocycles. The van der Waals surface area contributed by atoms with Gasteiger partial charge in [-0.2, -0.15) is 0 Å². The Labute approximate surface area is 127 Å². The maximum atomic E-state index is 5.97. The zero-order chi connectivity index (χ0) is 15.5. The fourth-order valence-corrected chi connectivity index (χ4v) is 2.52. The first kappa shape index (κ1) is 16.0. The number of anilines is 2. The third kappa shape index (κ3) is 4.30. The van der Waals surface area contributed by atoms with Crippen molar-refractivity contribution in [2.45, 2.75) is 58.5 Å². The van der Waals surface area contributed by atoms with Gasteiger partial charge in [0, 0.05) is 31.2 Å². The van der Waals surface area contributed by atoms with Gasteiger partial charge >= 0.3 is 0 Å². The maximum absolute atomic E-state index is 5.97. The Morgan fingerprint density at radius 2 is 2.14 bits per heavy atom. The molecule has 5 heteroatoms. The highest BCUT2D eigenvalue weighted by Crippen LogP contribution is 2.25. The number of hydrogen-bond acceptors (Lipinski definition) is 5. The quantitative estimate of drug-likeness (QED) is 0.924. The standard InChI is InChI=1S/C16H28N4O/c1-5-9-21-12-7-6-8-20(11-12)14-10-13(17)18-15(19-14)16(2,3)4/h10,12H,5-9,11H2,1-4H3,(H2,17,18,19). The second-order valence-corrected chi connectivity index (χ2v) is 6.81. The number of rotatable bonds is 4. The summed E-state index contributed by atoms with van der Waals surface area (Å²) >= 11 is 0. The normalized spacial score (nSPS) is 19.8. The van der Waals surface area contributed by atoms with E-state index in [4.69, 9.17) is 15.5 Å². The molecule has 0 radical (unpaired) electrons. The monoisotopic (exact) mass is 292 g/mol. The van der Waals surface area contributed by atoms with Crippen LogP contribution in [-0.2, 0) is 10.2 Å². The van der Waals surface area contributed by atoms with Crippen LogP contribution in [0.2, 0.25) is 0 Å². The molecule has 1 unspecified atom stereocenters. The van der Waals surface area contributed by atoms with Gasteiger partial charge in [0.2, 0.25) is 0 Å². The van der Waals surface area contributed by atoms with Crippen molar-refractivity contribution >= 4 is 11.6 Å². The van der Waals surface area contributed by atoms with Gasteiger partial charge in [0.05, 0.1) is 6.10 Å². The van der Waals surface area contributed by atoms with Crippen molar-refractivity contribution in [1.29, 1.82) is 0 Å². The van der Waals surface area contributed by atoms with Crippen LogP contribution in [0.3, 0.4) is 0 Å². The molecule has 1 aliphatic rings. The summed E-state index contributed by atoms with van der Waals surface area (Å²) in [5.74, 6) is 2.27. The third-order valence-corrected chi connectivity index (χ3v) is 3.66. The summed E-state index contributed by atoms with van der Waals surface area (Å²) in [7, 11) is 0. The van der Waals surface area contributed by atoms with Gasteiger partial charge in [-0.15, -0.1) is 0 Å². The average Bonchev–Trinajstić information content (AvgIpc) is 2.44. The highest BCUT2D eigenvalue weighted by molar-refractivity contribution is 5.48. The highest BCUT2D eigenvalue weighted by atomic mass is 16.5. The molecule has 2 N–H and O–H groups in total. The van der Waals surface area contributed by atoms with Crippen molar-refractivity contribution in [1.82, 2.24) is 9.97 Å². The van der Waals surface area contributed by atoms with E-state index in [-0.39, 0.29) is 5.41 Å². The predicted molar refractivity (Wildman–Crippen MR) is 86.6 cm³/mol. The molecule has 0 amide bonds. The Morgan fingerprint density at radius 3 is 2.81 bits per heavy atom. The Kier molecular flexibility index (Phi) is 5.04. The average molecular weight is 292 g/mol. The minimum absolute atomic E-state index is 0.0992. The van der Waals surface area contributed by atoms with Crippen LogP contribution in [0.1, 0.15) is 52.8 Å². The van der Waals surface area contributed by atoms with Crippen LogP contribution in [0, 0.1) is 0 Å². The number of nitrogens with zero attached hydrogens (tertiary/aromatic N) is 3. The molecular formula is C16H28N4O. The van der Waals surface area contributed by atoms with Crippen molar-refractivity contribution in [3.05, 3.63) is 11.9 Å². The van der Waals surface area contributed by atoms with Crippen LogP contribution >= 0.6 is 0 Å².